The lowest BCUT2D eigenvalue weighted by atomic mass is 10.0. The molecule has 0 unspecified atom stereocenters. The summed E-state index contributed by atoms with van der Waals surface area (Å²) in [6.45, 7) is 3.25. The third-order valence-electron chi connectivity index (χ3n) is 3.46. The Morgan fingerprint density at radius 1 is 0.905 bits per heavy atom. The van der Waals surface area contributed by atoms with Crippen LogP contribution in [0.5, 0.6) is 0 Å². The summed E-state index contributed by atoms with van der Waals surface area (Å²) in [7, 11) is 0. The van der Waals surface area contributed by atoms with E-state index >= 15 is 0 Å². The number of aryl methyl sites for hydroxylation is 1. The number of hydrogen-bond donors (Lipinski definition) is 0. The number of unbranched alkanes of at least 4 members (excludes halogenated alkanes) is 3. The minimum atomic E-state index is 0. The molecule has 2 rings (SSSR count). The Kier molecular flexibility index (Phi) is 7.91. The fraction of sp³-hybridized carbons (Fsp3) is 0.333. The van der Waals surface area contributed by atoms with Crippen LogP contribution in [0.4, 0.5) is 0 Å². The van der Waals surface area contributed by atoms with Crippen LogP contribution in [0.3, 0.4) is 0 Å². The van der Waals surface area contributed by atoms with Crippen LogP contribution in [0.2, 0.25) is 0 Å². The SMILES string of the molecule is CCCCCC[n+]1ccc(C(=O)c2ccccc2)cc1.[Br-]. The minimum absolute atomic E-state index is 0. The molecule has 0 saturated carbocycles. The zero-order valence-corrected chi connectivity index (χ0v) is 14.1. The second-order valence-corrected chi connectivity index (χ2v) is 5.08. The Hall–Kier alpha value is -1.48. The van der Waals surface area contributed by atoms with Crippen LogP contribution >= 0.6 is 0 Å². The van der Waals surface area contributed by atoms with Gasteiger partial charge in [0.15, 0.2) is 18.2 Å². The first kappa shape index (κ1) is 17.6. The zero-order valence-electron chi connectivity index (χ0n) is 12.5. The number of carbonyl (C=O) groups is 1. The maximum atomic E-state index is 12.2. The van der Waals surface area contributed by atoms with Gasteiger partial charge in [-0.3, -0.25) is 4.79 Å². The van der Waals surface area contributed by atoms with Gasteiger partial charge in [-0.25, -0.2) is 4.57 Å². The van der Waals surface area contributed by atoms with Gasteiger partial charge in [-0.05, 0) is 6.42 Å². The van der Waals surface area contributed by atoms with Gasteiger partial charge in [0.05, 0.1) is 0 Å². The topological polar surface area (TPSA) is 20.9 Å². The Morgan fingerprint density at radius 2 is 1.52 bits per heavy atom. The summed E-state index contributed by atoms with van der Waals surface area (Å²) in [6, 6.07) is 13.2. The van der Waals surface area contributed by atoms with Crippen LogP contribution in [0, 0.1) is 0 Å². The van der Waals surface area contributed by atoms with Crippen LogP contribution in [-0.2, 0) is 6.54 Å². The molecule has 0 atom stereocenters. The lowest BCUT2D eigenvalue weighted by Crippen LogP contribution is -3.00. The maximum absolute atomic E-state index is 12.2. The van der Waals surface area contributed by atoms with Crippen molar-refractivity contribution in [2.24, 2.45) is 0 Å². The number of pyridine rings is 1. The highest BCUT2D eigenvalue weighted by Crippen LogP contribution is 2.08. The Bertz CT molecular complexity index is 537. The molecular formula is C18H22BrNO. The summed E-state index contributed by atoms with van der Waals surface area (Å²) >= 11 is 0. The lowest BCUT2D eigenvalue weighted by Gasteiger charge is -2.01. The number of halogens is 1. The molecule has 0 bridgehead atoms. The highest BCUT2D eigenvalue weighted by Gasteiger charge is 2.10. The minimum Gasteiger partial charge on any atom is -1.00 e. The first-order valence-corrected chi connectivity index (χ1v) is 7.40. The first-order chi connectivity index (χ1) is 9.81. The van der Waals surface area contributed by atoms with E-state index < -0.39 is 0 Å². The van der Waals surface area contributed by atoms with E-state index in [9.17, 15) is 4.79 Å². The molecule has 0 saturated heterocycles. The molecule has 112 valence electrons. The van der Waals surface area contributed by atoms with Crippen LogP contribution < -0.4 is 21.5 Å². The number of rotatable bonds is 7. The molecule has 1 aromatic heterocycles. The number of hydrogen-bond acceptors (Lipinski definition) is 1. The van der Waals surface area contributed by atoms with Crippen molar-refractivity contribution in [2.45, 2.75) is 39.2 Å². The van der Waals surface area contributed by atoms with Gasteiger partial charge in [0.1, 0.15) is 6.54 Å². The number of ketones is 1. The molecule has 1 aromatic carbocycles. The fourth-order valence-electron chi connectivity index (χ4n) is 2.24. The van der Waals surface area contributed by atoms with Gasteiger partial charge in [0, 0.05) is 29.7 Å². The molecule has 0 radical (unpaired) electrons. The highest BCUT2D eigenvalue weighted by atomic mass is 79.9. The average molecular weight is 348 g/mol. The summed E-state index contributed by atoms with van der Waals surface area (Å²) in [5.41, 5.74) is 1.49. The molecule has 1 heterocycles. The van der Waals surface area contributed by atoms with Crippen molar-refractivity contribution in [1.82, 2.24) is 0 Å². The van der Waals surface area contributed by atoms with Crippen molar-refractivity contribution in [3.8, 4) is 0 Å². The van der Waals surface area contributed by atoms with E-state index in [1.807, 2.05) is 54.9 Å². The van der Waals surface area contributed by atoms with E-state index in [0.29, 0.717) is 0 Å². The molecule has 0 N–H and O–H groups in total. The largest absolute Gasteiger partial charge is 1.00 e. The highest BCUT2D eigenvalue weighted by molar-refractivity contribution is 6.08. The van der Waals surface area contributed by atoms with Crippen LogP contribution in [0.1, 0.15) is 48.5 Å². The van der Waals surface area contributed by atoms with Crippen LogP contribution in [-0.4, -0.2) is 5.78 Å². The van der Waals surface area contributed by atoms with Gasteiger partial charge in [-0.2, -0.15) is 0 Å². The van der Waals surface area contributed by atoms with E-state index in [1.165, 1.54) is 25.7 Å². The lowest BCUT2D eigenvalue weighted by molar-refractivity contribution is -0.697. The quantitative estimate of drug-likeness (QED) is 0.412. The average Bonchev–Trinajstić information content (AvgIpc) is 2.52. The second kappa shape index (κ2) is 9.46. The fourth-order valence-corrected chi connectivity index (χ4v) is 2.24. The van der Waals surface area contributed by atoms with Crippen LogP contribution in [0.25, 0.3) is 0 Å². The van der Waals surface area contributed by atoms with E-state index in [2.05, 4.69) is 11.5 Å². The normalized spacial score (nSPS) is 9.95. The number of nitrogens with zero attached hydrogens (tertiary/aromatic N) is 1. The number of aromatic nitrogens is 1. The summed E-state index contributed by atoms with van der Waals surface area (Å²) in [6.07, 6.45) is 9.03. The van der Waals surface area contributed by atoms with Gasteiger partial charge < -0.3 is 17.0 Å². The van der Waals surface area contributed by atoms with Crippen molar-refractivity contribution >= 4 is 5.78 Å². The summed E-state index contributed by atoms with van der Waals surface area (Å²) in [5.74, 6) is 0.0868. The molecule has 0 aliphatic heterocycles. The predicted octanol–water partition coefficient (Wildman–Crippen LogP) is 0.789. The molecule has 0 fully saturated rings. The van der Waals surface area contributed by atoms with Gasteiger partial charge in [-0.1, -0.05) is 50.1 Å². The molecule has 0 aliphatic carbocycles. The molecule has 3 heteroatoms. The molecular weight excluding hydrogens is 326 g/mol. The molecule has 21 heavy (non-hydrogen) atoms. The van der Waals surface area contributed by atoms with Gasteiger partial charge in [0.2, 0.25) is 0 Å². The molecule has 2 aromatic rings. The van der Waals surface area contributed by atoms with E-state index in [4.69, 9.17) is 0 Å². The predicted molar refractivity (Wildman–Crippen MR) is 80.7 cm³/mol. The molecule has 0 spiro atoms. The smallest absolute Gasteiger partial charge is 0.193 e. The van der Waals surface area contributed by atoms with E-state index in [1.54, 1.807) is 0 Å². The van der Waals surface area contributed by atoms with Crippen LogP contribution in [0.15, 0.2) is 54.9 Å². The Labute approximate surface area is 137 Å². The van der Waals surface area contributed by atoms with Gasteiger partial charge >= 0.3 is 0 Å². The van der Waals surface area contributed by atoms with Crippen molar-refractivity contribution in [3.05, 3.63) is 66.0 Å². The van der Waals surface area contributed by atoms with Crippen molar-refractivity contribution in [2.75, 3.05) is 0 Å². The number of benzene rings is 1. The third kappa shape index (κ3) is 5.43. The van der Waals surface area contributed by atoms with Crippen molar-refractivity contribution in [3.63, 3.8) is 0 Å². The van der Waals surface area contributed by atoms with Crippen molar-refractivity contribution in [1.29, 1.82) is 0 Å². The summed E-state index contributed by atoms with van der Waals surface area (Å²) < 4.78 is 2.15. The third-order valence-corrected chi connectivity index (χ3v) is 3.46. The monoisotopic (exact) mass is 347 g/mol. The second-order valence-electron chi connectivity index (χ2n) is 5.08. The van der Waals surface area contributed by atoms with Gasteiger partial charge in [-0.15, -0.1) is 0 Å². The maximum Gasteiger partial charge on any atom is 0.193 e. The summed E-state index contributed by atoms with van der Waals surface area (Å²) in [5, 5.41) is 0. The van der Waals surface area contributed by atoms with E-state index in [0.717, 1.165) is 17.7 Å². The zero-order chi connectivity index (χ0) is 14.2. The standard InChI is InChI=1S/C18H22NO.BrH/c1-2-3-4-8-13-19-14-11-17(12-15-19)18(20)16-9-6-5-7-10-16;/h5-7,9-12,14-15H,2-4,8,13H2,1H3;1H/q+1;/p-1. The van der Waals surface area contributed by atoms with E-state index in [-0.39, 0.29) is 22.8 Å². The molecule has 2 nitrogen and oxygen atoms in total. The molecule has 0 aliphatic rings. The van der Waals surface area contributed by atoms with Crippen molar-refractivity contribution < 1.29 is 26.3 Å². The number of carbonyl (C=O) groups excluding carboxylic acids is 1. The Morgan fingerprint density at radius 3 is 2.14 bits per heavy atom. The van der Waals surface area contributed by atoms with Gasteiger partial charge in [0.25, 0.3) is 0 Å². The summed E-state index contributed by atoms with van der Waals surface area (Å²) in [4.78, 5) is 12.2. The first-order valence-electron chi connectivity index (χ1n) is 7.40. The molecule has 0 amide bonds. The Balaban J connectivity index is 0.00000220.